The third-order valence-corrected chi connectivity index (χ3v) is 3.15. The molecule has 0 bridgehead atoms. The van der Waals surface area contributed by atoms with Gasteiger partial charge in [-0.1, -0.05) is 29.8 Å². The number of carbonyl (C=O) groups excluding carboxylic acids is 2. The molecule has 0 aromatic heterocycles. The molecular formula is C15H20O5. The SMILES string of the molecule is COC(=O)C(CC(OC)c1ccc(C)cc1)C(=O)OC. The molecule has 1 aromatic carbocycles. The zero-order valence-corrected chi connectivity index (χ0v) is 12.2. The smallest absolute Gasteiger partial charge is 0.320 e. The summed E-state index contributed by atoms with van der Waals surface area (Å²) in [6.45, 7) is 1.98. The maximum absolute atomic E-state index is 11.7. The van der Waals surface area contributed by atoms with Gasteiger partial charge < -0.3 is 14.2 Å². The quantitative estimate of drug-likeness (QED) is 0.589. The molecule has 0 aliphatic carbocycles. The summed E-state index contributed by atoms with van der Waals surface area (Å²) in [6, 6.07) is 7.73. The van der Waals surface area contributed by atoms with E-state index in [0.29, 0.717) is 0 Å². The van der Waals surface area contributed by atoms with E-state index in [0.717, 1.165) is 11.1 Å². The molecule has 110 valence electrons. The van der Waals surface area contributed by atoms with E-state index in [1.807, 2.05) is 31.2 Å². The van der Waals surface area contributed by atoms with Crippen LogP contribution in [0.5, 0.6) is 0 Å². The summed E-state index contributed by atoms with van der Waals surface area (Å²) < 4.78 is 14.7. The Kier molecular flexibility index (Phi) is 6.18. The molecule has 0 heterocycles. The van der Waals surface area contributed by atoms with Crippen molar-refractivity contribution < 1.29 is 23.8 Å². The Morgan fingerprint density at radius 2 is 1.50 bits per heavy atom. The van der Waals surface area contributed by atoms with Crippen LogP contribution >= 0.6 is 0 Å². The zero-order valence-electron chi connectivity index (χ0n) is 12.2. The average molecular weight is 280 g/mol. The molecule has 5 heteroatoms. The van der Waals surface area contributed by atoms with E-state index >= 15 is 0 Å². The zero-order chi connectivity index (χ0) is 15.1. The molecule has 0 N–H and O–H groups in total. The minimum atomic E-state index is -0.990. The van der Waals surface area contributed by atoms with Crippen molar-refractivity contribution in [1.82, 2.24) is 0 Å². The third-order valence-electron chi connectivity index (χ3n) is 3.15. The number of methoxy groups -OCH3 is 3. The van der Waals surface area contributed by atoms with Crippen molar-refractivity contribution in [2.24, 2.45) is 5.92 Å². The Morgan fingerprint density at radius 3 is 1.90 bits per heavy atom. The highest BCUT2D eigenvalue weighted by atomic mass is 16.5. The lowest BCUT2D eigenvalue weighted by Gasteiger charge is -2.20. The summed E-state index contributed by atoms with van der Waals surface area (Å²) >= 11 is 0. The largest absolute Gasteiger partial charge is 0.468 e. The van der Waals surface area contributed by atoms with E-state index in [9.17, 15) is 9.59 Å². The van der Waals surface area contributed by atoms with Gasteiger partial charge in [0, 0.05) is 13.5 Å². The first kappa shape index (κ1) is 16.2. The topological polar surface area (TPSA) is 61.8 Å². The predicted octanol–water partition coefficient (Wildman–Crippen LogP) is 2.03. The van der Waals surface area contributed by atoms with Crippen LogP contribution in [0.2, 0.25) is 0 Å². The van der Waals surface area contributed by atoms with Crippen molar-refractivity contribution in [3.63, 3.8) is 0 Å². The highest BCUT2D eigenvalue weighted by Crippen LogP contribution is 2.26. The molecule has 0 aliphatic heterocycles. The summed E-state index contributed by atoms with van der Waals surface area (Å²) in [5.74, 6) is -2.23. The van der Waals surface area contributed by atoms with Gasteiger partial charge in [-0.15, -0.1) is 0 Å². The van der Waals surface area contributed by atoms with Crippen molar-refractivity contribution in [3.05, 3.63) is 35.4 Å². The fourth-order valence-electron chi connectivity index (χ4n) is 1.94. The molecule has 1 unspecified atom stereocenters. The first-order valence-corrected chi connectivity index (χ1v) is 6.28. The van der Waals surface area contributed by atoms with Gasteiger partial charge in [-0.25, -0.2) is 0 Å². The maximum Gasteiger partial charge on any atom is 0.320 e. The van der Waals surface area contributed by atoms with Gasteiger partial charge in [0.2, 0.25) is 0 Å². The first-order valence-electron chi connectivity index (χ1n) is 6.28. The Hall–Kier alpha value is -1.88. The van der Waals surface area contributed by atoms with Gasteiger partial charge in [-0.2, -0.15) is 0 Å². The fraction of sp³-hybridized carbons (Fsp3) is 0.467. The van der Waals surface area contributed by atoms with Crippen LogP contribution in [0.25, 0.3) is 0 Å². The van der Waals surface area contributed by atoms with E-state index in [1.54, 1.807) is 0 Å². The summed E-state index contributed by atoms with van der Waals surface area (Å²) in [7, 11) is 4.02. The maximum atomic E-state index is 11.7. The average Bonchev–Trinajstić information content (AvgIpc) is 2.48. The van der Waals surface area contributed by atoms with Gasteiger partial charge >= 0.3 is 11.9 Å². The van der Waals surface area contributed by atoms with Gasteiger partial charge in [0.05, 0.1) is 20.3 Å². The van der Waals surface area contributed by atoms with Gasteiger partial charge in [0.15, 0.2) is 5.92 Å². The summed E-state index contributed by atoms with van der Waals surface area (Å²) in [4.78, 5) is 23.3. The molecule has 1 aromatic rings. The lowest BCUT2D eigenvalue weighted by molar-refractivity contribution is -0.160. The Morgan fingerprint density at radius 1 is 1.00 bits per heavy atom. The van der Waals surface area contributed by atoms with Crippen LogP contribution in [0.3, 0.4) is 0 Å². The minimum Gasteiger partial charge on any atom is -0.468 e. The van der Waals surface area contributed by atoms with E-state index in [4.69, 9.17) is 4.74 Å². The molecule has 0 fully saturated rings. The second kappa shape index (κ2) is 7.65. The van der Waals surface area contributed by atoms with Crippen LogP contribution < -0.4 is 0 Å². The van der Waals surface area contributed by atoms with Gasteiger partial charge in [0.25, 0.3) is 0 Å². The number of benzene rings is 1. The fourth-order valence-corrected chi connectivity index (χ4v) is 1.94. The molecular weight excluding hydrogens is 260 g/mol. The van der Waals surface area contributed by atoms with E-state index in [2.05, 4.69) is 9.47 Å². The number of rotatable bonds is 6. The second-order valence-electron chi connectivity index (χ2n) is 4.47. The van der Waals surface area contributed by atoms with Crippen LogP contribution in [-0.2, 0) is 23.8 Å². The van der Waals surface area contributed by atoms with Crippen molar-refractivity contribution in [2.45, 2.75) is 19.4 Å². The number of carbonyl (C=O) groups is 2. The number of esters is 2. The van der Waals surface area contributed by atoms with Crippen LogP contribution in [-0.4, -0.2) is 33.3 Å². The molecule has 0 saturated carbocycles. The monoisotopic (exact) mass is 280 g/mol. The minimum absolute atomic E-state index is 0.179. The van der Waals surface area contributed by atoms with Crippen LogP contribution in [0, 0.1) is 12.8 Å². The third kappa shape index (κ3) is 4.06. The molecule has 0 amide bonds. The molecule has 0 saturated heterocycles. The molecule has 0 radical (unpaired) electrons. The first-order chi connectivity index (χ1) is 9.53. The Bertz CT molecular complexity index is 436. The van der Waals surface area contributed by atoms with Gasteiger partial charge in [0.1, 0.15) is 0 Å². The van der Waals surface area contributed by atoms with Crippen molar-refractivity contribution in [2.75, 3.05) is 21.3 Å². The second-order valence-corrected chi connectivity index (χ2v) is 4.47. The van der Waals surface area contributed by atoms with Gasteiger partial charge in [-0.05, 0) is 12.5 Å². The standard InChI is InChI=1S/C15H20O5/c1-10-5-7-11(8-6-10)13(18-2)9-12(14(16)19-3)15(17)20-4/h5-8,12-13H,9H2,1-4H3. The van der Waals surface area contributed by atoms with Crippen molar-refractivity contribution in [1.29, 1.82) is 0 Å². The predicted molar refractivity (Wildman–Crippen MR) is 73.1 cm³/mol. The van der Waals surface area contributed by atoms with Crippen LogP contribution in [0.1, 0.15) is 23.7 Å². The molecule has 20 heavy (non-hydrogen) atoms. The lowest BCUT2D eigenvalue weighted by Crippen LogP contribution is -2.28. The molecule has 5 nitrogen and oxygen atoms in total. The van der Waals surface area contributed by atoms with E-state index < -0.39 is 17.9 Å². The van der Waals surface area contributed by atoms with Crippen LogP contribution in [0.15, 0.2) is 24.3 Å². The number of ether oxygens (including phenoxy) is 3. The van der Waals surface area contributed by atoms with E-state index in [-0.39, 0.29) is 12.5 Å². The number of hydrogen-bond acceptors (Lipinski definition) is 5. The Balaban J connectivity index is 2.91. The molecule has 0 aliphatic rings. The van der Waals surface area contributed by atoms with Crippen molar-refractivity contribution in [3.8, 4) is 0 Å². The lowest BCUT2D eigenvalue weighted by atomic mass is 9.96. The molecule has 0 spiro atoms. The van der Waals surface area contributed by atoms with Gasteiger partial charge in [-0.3, -0.25) is 9.59 Å². The molecule has 1 rings (SSSR count). The number of hydrogen-bond donors (Lipinski definition) is 0. The molecule has 1 atom stereocenters. The summed E-state index contributed by atoms with van der Waals surface area (Å²) in [6.07, 6.45) is -0.197. The van der Waals surface area contributed by atoms with E-state index in [1.165, 1.54) is 21.3 Å². The van der Waals surface area contributed by atoms with Crippen molar-refractivity contribution >= 4 is 11.9 Å². The highest BCUT2D eigenvalue weighted by molar-refractivity contribution is 5.94. The number of aryl methyl sites for hydroxylation is 1. The normalized spacial score (nSPS) is 12.1. The Labute approximate surface area is 118 Å². The summed E-state index contributed by atoms with van der Waals surface area (Å²) in [5.41, 5.74) is 2.02. The van der Waals surface area contributed by atoms with Crippen LogP contribution in [0.4, 0.5) is 0 Å². The highest BCUT2D eigenvalue weighted by Gasteiger charge is 2.32. The summed E-state index contributed by atoms with van der Waals surface area (Å²) in [5, 5.41) is 0.